The lowest BCUT2D eigenvalue weighted by Gasteiger charge is -2.31. The Balaban J connectivity index is 1.74. The molecule has 2 aliphatic heterocycles. The standard InChI is InChI=1S/C15H19N3O4S/c1-10(19)16-12-4-6-18(7-5-12)23(21,22)13-2-3-14-11(8-13)9-15(20)17-14/h2-3,8,12H,4-7,9H2,1H3,(H,16,19)(H,17,20). The summed E-state index contributed by atoms with van der Waals surface area (Å²) in [5.74, 6) is -0.215. The number of hydrogen-bond donors (Lipinski definition) is 2. The maximum atomic E-state index is 12.7. The van der Waals surface area contributed by atoms with E-state index in [-0.39, 0.29) is 29.2 Å². The molecule has 0 aromatic heterocycles. The molecule has 3 rings (SSSR count). The molecule has 124 valence electrons. The van der Waals surface area contributed by atoms with E-state index in [2.05, 4.69) is 10.6 Å². The molecule has 0 saturated carbocycles. The summed E-state index contributed by atoms with van der Waals surface area (Å²) in [5.41, 5.74) is 1.39. The van der Waals surface area contributed by atoms with Gasteiger partial charge in [-0.1, -0.05) is 0 Å². The summed E-state index contributed by atoms with van der Waals surface area (Å²) < 4.78 is 26.9. The molecule has 1 aromatic carbocycles. The van der Waals surface area contributed by atoms with Gasteiger partial charge in [0.05, 0.1) is 11.3 Å². The Hall–Kier alpha value is -1.93. The zero-order chi connectivity index (χ0) is 16.6. The van der Waals surface area contributed by atoms with E-state index < -0.39 is 10.0 Å². The SMILES string of the molecule is CC(=O)NC1CCN(S(=O)(=O)c2ccc3c(c2)CC(=O)N3)CC1. The minimum Gasteiger partial charge on any atom is -0.354 e. The molecule has 23 heavy (non-hydrogen) atoms. The number of benzene rings is 1. The van der Waals surface area contributed by atoms with Crippen molar-refractivity contribution in [3.05, 3.63) is 23.8 Å². The van der Waals surface area contributed by atoms with Crippen LogP contribution in [-0.2, 0) is 26.0 Å². The Kier molecular flexibility index (Phi) is 4.11. The number of nitrogens with zero attached hydrogens (tertiary/aromatic N) is 1. The smallest absolute Gasteiger partial charge is 0.243 e. The number of sulfonamides is 1. The van der Waals surface area contributed by atoms with Crippen molar-refractivity contribution in [2.24, 2.45) is 0 Å². The third-order valence-electron chi connectivity index (χ3n) is 4.20. The highest BCUT2D eigenvalue weighted by atomic mass is 32.2. The Bertz CT molecular complexity index is 752. The number of nitrogens with one attached hydrogen (secondary N) is 2. The largest absolute Gasteiger partial charge is 0.354 e. The number of fused-ring (bicyclic) bond motifs is 1. The maximum Gasteiger partial charge on any atom is 0.243 e. The molecule has 1 saturated heterocycles. The first-order valence-corrected chi connectivity index (χ1v) is 9.00. The lowest BCUT2D eigenvalue weighted by atomic mass is 10.1. The molecule has 1 aromatic rings. The molecule has 0 radical (unpaired) electrons. The van der Waals surface area contributed by atoms with Gasteiger partial charge in [0.15, 0.2) is 0 Å². The van der Waals surface area contributed by atoms with E-state index in [1.807, 2.05) is 0 Å². The zero-order valence-electron chi connectivity index (χ0n) is 12.8. The predicted molar refractivity (Wildman–Crippen MR) is 84.4 cm³/mol. The van der Waals surface area contributed by atoms with Crippen LogP contribution in [0.1, 0.15) is 25.3 Å². The van der Waals surface area contributed by atoms with Crippen LogP contribution >= 0.6 is 0 Å². The monoisotopic (exact) mass is 337 g/mol. The summed E-state index contributed by atoms with van der Waals surface area (Å²) in [4.78, 5) is 22.7. The van der Waals surface area contributed by atoms with E-state index in [9.17, 15) is 18.0 Å². The molecule has 0 aliphatic carbocycles. The summed E-state index contributed by atoms with van der Waals surface area (Å²) in [6, 6.07) is 4.76. The molecule has 2 amide bonds. The van der Waals surface area contributed by atoms with Crippen LogP contribution in [-0.4, -0.2) is 43.7 Å². The summed E-state index contributed by atoms with van der Waals surface area (Å²) in [6.45, 7) is 2.21. The van der Waals surface area contributed by atoms with Crippen LogP contribution in [0.4, 0.5) is 5.69 Å². The highest BCUT2D eigenvalue weighted by Gasteiger charge is 2.30. The summed E-state index contributed by atoms with van der Waals surface area (Å²) >= 11 is 0. The van der Waals surface area contributed by atoms with Crippen LogP contribution in [0, 0.1) is 0 Å². The fraction of sp³-hybridized carbons (Fsp3) is 0.467. The second kappa shape index (κ2) is 5.93. The van der Waals surface area contributed by atoms with E-state index in [4.69, 9.17) is 0 Å². The molecule has 0 spiro atoms. The van der Waals surface area contributed by atoms with Crippen LogP contribution in [0.15, 0.2) is 23.1 Å². The number of amides is 2. The summed E-state index contributed by atoms with van der Waals surface area (Å²) in [6.07, 6.45) is 1.41. The summed E-state index contributed by atoms with van der Waals surface area (Å²) in [5, 5.41) is 5.52. The number of anilines is 1. The van der Waals surface area contributed by atoms with E-state index >= 15 is 0 Å². The maximum absolute atomic E-state index is 12.7. The van der Waals surface area contributed by atoms with E-state index in [0.717, 1.165) is 0 Å². The molecule has 0 atom stereocenters. The number of rotatable bonds is 3. The first-order chi connectivity index (χ1) is 10.9. The molecule has 1 fully saturated rings. The molecule has 8 heteroatoms. The van der Waals surface area contributed by atoms with Crippen molar-refractivity contribution in [1.82, 2.24) is 9.62 Å². The molecular formula is C15H19N3O4S. The molecule has 2 heterocycles. The normalized spacial score (nSPS) is 19.3. The van der Waals surface area contributed by atoms with Gasteiger partial charge in [-0.15, -0.1) is 0 Å². The van der Waals surface area contributed by atoms with Gasteiger partial charge >= 0.3 is 0 Å². The molecular weight excluding hydrogens is 318 g/mol. The van der Waals surface area contributed by atoms with Gasteiger partial charge in [-0.25, -0.2) is 8.42 Å². The van der Waals surface area contributed by atoms with Gasteiger partial charge in [0.2, 0.25) is 21.8 Å². The Morgan fingerprint density at radius 3 is 2.65 bits per heavy atom. The van der Waals surface area contributed by atoms with Crippen LogP contribution in [0.3, 0.4) is 0 Å². The average Bonchev–Trinajstić information content (AvgIpc) is 2.86. The first kappa shape index (κ1) is 15.9. The Morgan fingerprint density at radius 2 is 2.00 bits per heavy atom. The zero-order valence-corrected chi connectivity index (χ0v) is 13.6. The molecule has 7 nitrogen and oxygen atoms in total. The van der Waals surface area contributed by atoms with Crippen molar-refractivity contribution < 1.29 is 18.0 Å². The third-order valence-corrected chi connectivity index (χ3v) is 6.10. The number of hydrogen-bond acceptors (Lipinski definition) is 4. The fourth-order valence-electron chi connectivity index (χ4n) is 3.04. The van der Waals surface area contributed by atoms with Crippen molar-refractivity contribution >= 4 is 27.5 Å². The van der Waals surface area contributed by atoms with Crippen molar-refractivity contribution in [2.75, 3.05) is 18.4 Å². The quantitative estimate of drug-likeness (QED) is 0.838. The first-order valence-electron chi connectivity index (χ1n) is 7.56. The molecule has 0 unspecified atom stereocenters. The minimum atomic E-state index is -3.57. The van der Waals surface area contributed by atoms with Gasteiger partial charge in [0, 0.05) is 31.7 Å². The highest BCUT2D eigenvalue weighted by Crippen LogP contribution is 2.28. The molecule has 0 bridgehead atoms. The van der Waals surface area contributed by atoms with Gasteiger partial charge in [-0.05, 0) is 36.6 Å². The topological polar surface area (TPSA) is 95.6 Å². The number of piperidine rings is 1. The van der Waals surface area contributed by atoms with E-state index in [0.29, 0.717) is 37.2 Å². The number of carbonyl (C=O) groups excluding carboxylic acids is 2. The van der Waals surface area contributed by atoms with E-state index in [1.165, 1.54) is 17.3 Å². The lowest BCUT2D eigenvalue weighted by molar-refractivity contribution is -0.120. The third kappa shape index (κ3) is 3.23. The second-order valence-corrected chi connectivity index (χ2v) is 7.86. The summed E-state index contributed by atoms with van der Waals surface area (Å²) in [7, 11) is -3.57. The van der Waals surface area contributed by atoms with Crippen molar-refractivity contribution in [3.8, 4) is 0 Å². The average molecular weight is 337 g/mol. The Labute approximate surface area is 135 Å². The van der Waals surface area contributed by atoms with Gasteiger partial charge in [0.1, 0.15) is 0 Å². The van der Waals surface area contributed by atoms with Crippen LogP contribution in [0.25, 0.3) is 0 Å². The molecule has 2 N–H and O–H groups in total. The van der Waals surface area contributed by atoms with Crippen LogP contribution in [0.5, 0.6) is 0 Å². The molecule has 2 aliphatic rings. The fourth-order valence-corrected chi connectivity index (χ4v) is 4.56. The number of carbonyl (C=O) groups is 2. The van der Waals surface area contributed by atoms with Crippen molar-refractivity contribution in [1.29, 1.82) is 0 Å². The van der Waals surface area contributed by atoms with E-state index in [1.54, 1.807) is 12.1 Å². The second-order valence-electron chi connectivity index (χ2n) is 5.92. The minimum absolute atomic E-state index is 0.0285. The van der Waals surface area contributed by atoms with Gasteiger partial charge < -0.3 is 10.6 Å². The Morgan fingerprint density at radius 1 is 1.30 bits per heavy atom. The van der Waals surface area contributed by atoms with Crippen molar-refractivity contribution in [2.45, 2.75) is 37.1 Å². The lowest BCUT2D eigenvalue weighted by Crippen LogP contribution is -2.46. The van der Waals surface area contributed by atoms with Gasteiger partial charge in [-0.3, -0.25) is 9.59 Å². The van der Waals surface area contributed by atoms with Crippen LogP contribution in [0.2, 0.25) is 0 Å². The highest BCUT2D eigenvalue weighted by molar-refractivity contribution is 7.89. The van der Waals surface area contributed by atoms with Gasteiger partial charge in [0.25, 0.3) is 0 Å². The van der Waals surface area contributed by atoms with Crippen molar-refractivity contribution in [3.63, 3.8) is 0 Å². The van der Waals surface area contributed by atoms with Crippen LogP contribution < -0.4 is 10.6 Å². The van der Waals surface area contributed by atoms with Gasteiger partial charge in [-0.2, -0.15) is 4.31 Å². The predicted octanol–water partition coefficient (Wildman–Crippen LogP) is 0.470.